The summed E-state index contributed by atoms with van der Waals surface area (Å²) in [6.07, 6.45) is 1.81. The van der Waals surface area contributed by atoms with Gasteiger partial charge in [-0.1, -0.05) is 78.7 Å². The fourth-order valence-electron chi connectivity index (χ4n) is 4.34. The molecule has 3 rings (SSSR count). The minimum absolute atomic E-state index is 0.145. The molecule has 0 spiro atoms. The van der Waals surface area contributed by atoms with Crippen molar-refractivity contribution in [1.29, 1.82) is 0 Å². The number of anilines is 1. The Morgan fingerprint density at radius 3 is 2.12 bits per heavy atom. The lowest BCUT2D eigenvalue weighted by Crippen LogP contribution is -2.54. The van der Waals surface area contributed by atoms with Gasteiger partial charge in [0.2, 0.25) is 21.8 Å². The van der Waals surface area contributed by atoms with Crippen LogP contribution in [0.3, 0.4) is 0 Å². The highest BCUT2D eigenvalue weighted by atomic mass is 35.5. The van der Waals surface area contributed by atoms with Crippen LogP contribution in [-0.4, -0.2) is 55.8 Å². The average molecular weight is 633 g/mol. The molecule has 2 amide bonds. The summed E-state index contributed by atoms with van der Waals surface area (Å²) in [5.74, 6) is -1.30. The number of carbonyl (C=O) groups excluding carboxylic acids is 3. The Bertz CT molecular complexity index is 1510. The van der Waals surface area contributed by atoms with Crippen LogP contribution in [0, 0.1) is 0 Å². The van der Waals surface area contributed by atoms with Crippen LogP contribution in [0.2, 0.25) is 10.0 Å². The minimum atomic E-state index is -3.98. The largest absolute Gasteiger partial charge is 0.352 e. The molecule has 0 bridgehead atoms. The zero-order chi connectivity index (χ0) is 31.0. The van der Waals surface area contributed by atoms with E-state index in [2.05, 4.69) is 5.32 Å². The number of nitrogens with one attached hydrogen (secondary N) is 1. The van der Waals surface area contributed by atoms with Crippen molar-refractivity contribution in [2.24, 2.45) is 0 Å². The van der Waals surface area contributed by atoms with Crippen LogP contribution < -0.4 is 9.62 Å². The first kappa shape index (κ1) is 33.1. The molecule has 0 unspecified atom stereocenters. The van der Waals surface area contributed by atoms with Crippen molar-refractivity contribution in [3.63, 3.8) is 0 Å². The van der Waals surface area contributed by atoms with E-state index in [0.717, 1.165) is 16.1 Å². The molecule has 2 atom stereocenters. The number of halogens is 2. The van der Waals surface area contributed by atoms with Gasteiger partial charge < -0.3 is 10.2 Å². The second-order valence-electron chi connectivity index (χ2n) is 10.1. The van der Waals surface area contributed by atoms with Crippen LogP contribution in [-0.2, 0) is 32.6 Å². The van der Waals surface area contributed by atoms with Gasteiger partial charge in [0.1, 0.15) is 12.6 Å². The molecule has 3 aromatic carbocycles. The van der Waals surface area contributed by atoms with Crippen LogP contribution in [0.5, 0.6) is 0 Å². The molecule has 8 nitrogen and oxygen atoms in total. The maximum atomic E-state index is 14.2. The smallest absolute Gasteiger partial charge is 0.244 e. The molecule has 11 heteroatoms. The third-order valence-electron chi connectivity index (χ3n) is 6.88. The number of amides is 2. The van der Waals surface area contributed by atoms with E-state index in [1.165, 1.54) is 24.0 Å². The van der Waals surface area contributed by atoms with E-state index < -0.39 is 34.4 Å². The second-order valence-corrected chi connectivity index (χ2v) is 12.8. The molecule has 3 aromatic rings. The van der Waals surface area contributed by atoms with Crippen molar-refractivity contribution in [1.82, 2.24) is 10.2 Å². The average Bonchev–Trinajstić information content (AvgIpc) is 2.94. The fourth-order valence-corrected chi connectivity index (χ4v) is 5.70. The third kappa shape index (κ3) is 8.80. The highest BCUT2D eigenvalue weighted by Gasteiger charge is 2.34. The van der Waals surface area contributed by atoms with Crippen molar-refractivity contribution >= 4 is 56.5 Å². The lowest BCUT2D eigenvalue weighted by Gasteiger charge is -2.34. The monoisotopic (exact) mass is 631 g/mol. The summed E-state index contributed by atoms with van der Waals surface area (Å²) in [4.78, 5) is 41.3. The Kier molecular flexibility index (Phi) is 11.6. The van der Waals surface area contributed by atoms with E-state index in [9.17, 15) is 22.8 Å². The number of ketones is 1. The predicted molar refractivity (Wildman–Crippen MR) is 167 cm³/mol. The van der Waals surface area contributed by atoms with Crippen LogP contribution in [0.15, 0.2) is 72.8 Å². The molecule has 0 aromatic heterocycles. The first-order valence-corrected chi connectivity index (χ1v) is 16.1. The van der Waals surface area contributed by atoms with Gasteiger partial charge in [-0.05, 0) is 50.1 Å². The van der Waals surface area contributed by atoms with Crippen LogP contribution in [0.25, 0.3) is 0 Å². The number of hydrogen-bond acceptors (Lipinski definition) is 5. The summed E-state index contributed by atoms with van der Waals surface area (Å²) in [5, 5.41) is 3.57. The van der Waals surface area contributed by atoms with Gasteiger partial charge in [-0.2, -0.15) is 0 Å². The molecule has 0 radical (unpaired) electrons. The van der Waals surface area contributed by atoms with E-state index in [0.29, 0.717) is 27.6 Å². The molecule has 0 aliphatic rings. The van der Waals surface area contributed by atoms with E-state index in [1.807, 2.05) is 44.2 Å². The molecule has 0 saturated heterocycles. The molecule has 42 heavy (non-hydrogen) atoms. The molecule has 224 valence electrons. The Hall–Kier alpha value is -3.40. The number of carbonyl (C=O) groups is 3. The lowest BCUT2D eigenvalue weighted by molar-refractivity contribution is -0.140. The second kappa shape index (κ2) is 14.7. The summed E-state index contributed by atoms with van der Waals surface area (Å²) >= 11 is 13.0. The number of sulfonamides is 1. The zero-order valence-corrected chi connectivity index (χ0v) is 26.3. The van der Waals surface area contributed by atoms with Crippen molar-refractivity contribution < 1.29 is 22.8 Å². The molecule has 1 N–H and O–H groups in total. The summed E-state index contributed by atoms with van der Waals surface area (Å²) in [6, 6.07) is 19.0. The molecule has 0 aliphatic carbocycles. The van der Waals surface area contributed by atoms with E-state index >= 15 is 0 Å². The minimum Gasteiger partial charge on any atom is -0.352 e. The fraction of sp³-hybridized carbons (Fsp3) is 0.323. The maximum Gasteiger partial charge on any atom is 0.244 e. The summed E-state index contributed by atoms with van der Waals surface area (Å²) in [7, 11) is -3.98. The Morgan fingerprint density at radius 1 is 0.929 bits per heavy atom. The molecule has 0 saturated carbocycles. The van der Waals surface area contributed by atoms with Gasteiger partial charge in [-0.25, -0.2) is 8.42 Å². The molecule has 0 heterocycles. The van der Waals surface area contributed by atoms with E-state index in [1.54, 1.807) is 30.3 Å². The van der Waals surface area contributed by atoms with Gasteiger partial charge in [0, 0.05) is 40.2 Å². The lowest BCUT2D eigenvalue weighted by atomic mass is 10.0. The first-order valence-electron chi connectivity index (χ1n) is 13.5. The Labute approximate surface area is 257 Å². The zero-order valence-electron chi connectivity index (χ0n) is 24.0. The van der Waals surface area contributed by atoms with Crippen LogP contribution in [0.1, 0.15) is 48.7 Å². The number of hydrogen-bond donors (Lipinski definition) is 1. The maximum absolute atomic E-state index is 14.2. The number of Topliss-reactive ketones (excluding diaryl/α,β-unsaturated/α-hetero) is 1. The predicted octanol–water partition coefficient (Wildman–Crippen LogP) is 5.52. The van der Waals surface area contributed by atoms with Crippen molar-refractivity contribution in [2.75, 3.05) is 17.1 Å². The van der Waals surface area contributed by atoms with Crippen molar-refractivity contribution in [3.8, 4) is 0 Å². The van der Waals surface area contributed by atoms with Crippen LogP contribution in [0.4, 0.5) is 5.69 Å². The first-order chi connectivity index (χ1) is 19.8. The normalized spacial score (nSPS) is 12.7. The third-order valence-corrected chi connectivity index (χ3v) is 8.73. The van der Waals surface area contributed by atoms with Gasteiger partial charge in [-0.3, -0.25) is 18.7 Å². The SMILES string of the molecule is CC[C@@H](C)NC(=O)[C@H](Cc1ccccc1)N(Cc1c(Cl)cccc1Cl)C(=O)CN(c1cccc(C(C)=O)c1)S(C)(=O)=O. The van der Waals surface area contributed by atoms with Crippen molar-refractivity contribution in [3.05, 3.63) is 99.5 Å². The molecule has 0 aliphatic heterocycles. The highest BCUT2D eigenvalue weighted by molar-refractivity contribution is 7.92. The Balaban J connectivity index is 2.12. The molecular formula is C31H35Cl2N3O5S. The topological polar surface area (TPSA) is 104 Å². The quantitative estimate of drug-likeness (QED) is 0.250. The number of benzene rings is 3. The van der Waals surface area contributed by atoms with E-state index in [4.69, 9.17) is 23.2 Å². The van der Waals surface area contributed by atoms with Gasteiger partial charge in [0.05, 0.1) is 11.9 Å². The van der Waals surface area contributed by atoms with Gasteiger partial charge in [0.25, 0.3) is 0 Å². The van der Waals surface area contributed by atoms with Gasteiger partial charge in [-0.15, -0.1) is 0 Å². The highest BCUT2D eigenvalue weighted by Crippen LogP contribution is 2.28. The number of rotatable bonds is 13. The van der Waals surface area contributed by atoms with Crippen LogP contribution >= 0.6 is 23.2 Å². The molecule has 0 fully saturated rings. The summed E-state index contributed by atoms with van der Waals surface area (Å²) < 4.78 is 26.9. The Morgan fingerprint density at radius 2 is 1.55 bits per heavy atom. The number of nitrogens with zero attached hydrogens (tertiary/aromatic N) is 2. The van der Waals surface area contributed by atoms with Gasteiger partial charge in [0.15, 0.2) is 5.78 Å². The standard InChI is InChI=1S/C31H35Cl2N3O5S/c1-5-21(2)34-31(39)29(17-23-11-7-6-8-12-23)35(19-26-27(32)15-10-16-28(26)33)30(38)20-36(42(4,40)41)25-14-9-13-24(18-25)22(3)37/h6-16,18,21,29H,5,17,19-20H2,1-4H3,(H,34,39)/t21-,29+/m1/s1. The van der Waals surface area contributed by atoms with E-state index in [-0.39, 0.29) is 30.5 Å². The van der Waals surface area contributed by atoms with Gasteiger partial charge >= 0.3 is 0 Å². The summed E-state index contributed by atoms with van der Waals surface area (Å²) in [5.41, 5.74) is 1.67. The summed E-state index contributed by atoms with van der Waals surface area (Å²) in [6.45, 7) is 4.40. The molecular weight excluding hydrogens is 597 g/mol. The van der Waals surface area contributed by atoms with Crippen molar-refractivity contribution in [2.45, 2.75) is 52.2 Å².